The van der Waals surface area contributed by atoms with Crippen molar-refractivity contribution in [1.82, 2.24) is 0 Å². The molecule has 2 rings (SSSR count). The zero-order chi connectivity index (χ0) is 19.3. The Morgan fingerprint density at radius 1 is 1.12 bits per heavy atom. The van der Waals surface area contributed by atoms with E-state index in [4.69, 9.17) is 9.47 Å². The van der Waals surface area contributed by atoms with Gasteiger partial charge in [0.05, 0.1) is 0 Å². The van der Waals surface area contributed by atoms with Crippen molar-refractivity contribution < 1.29 is 14.3 Å². The molecule has 2 aromatic rings. The molecule has 0 aliphatic carbocycles. The van der Waals surface area contributed by atoms with Gasteiger partial charge in [-0.25, -0.2) is 0 Å². The number of Topliss-reactive ketones (excluding diaryl/α,β-unsaturated/α-hetero) is 1. The van der Waals surface area contributed by atoms with Crippen molar-refractivity contribution in [2.45, 2.75) is 46.2 Å². The minimum atomic E-state index is -0.117. The number of aryl methyl sites for hydroxylation is 2. The number of hydrogen-bond donors (Lipinski definition) is 0. The van der Waals surface area contributed by atoms with Crippen LogP contribution >= 0.6 is 8.58 Å². The minimum Gasteiger partial charge on any atom is -0.467 e. The van der Waals surface area contributed by atoms with Crippen LogP contribution in [0.3, 0.4) is 0 Å². The number of carbonyl (C=O) groups is 1. The van der Waals surface area contributed by atoms with Gasteiger partial charge >= 0.3 is 0 Å². The fraction of sp³-hybridized carbons (Fsp3) is 0.409. The average molecular weight is 372 g/mol. The standard InChI is InChI=1S/C22H29O3P/c1-7-22(5,19-13-16(3)8-10-20(19)25-14-24-6)26-21-11-9-15(2)12-18(21)17(4)23/h8-13,26H,7,14H2,1-6H3. The fourth-order valence-electron chi connectivity index (χ4n) is 3.03. The molecule has 0 aliphatic heterocycles. The van der Waals surface area contributed by atoms with E-state index < -0.39 is 0 Å². The molecule has 0 amide bonds. The van der Waals surface area contributed by atoms with Crippen molar-refractivity contribution in [3.05, 3.63) is 58.7 Å². The van der Waals surface area contributed by atoms with Gasteiger partial charge in [0.15, 0.2) is 12.6 Å². The normalized spacial score (nSPS) is 13.8. The molecule has 2 unspecified atom stereocenters. The van der Waals surface area contributed by atoms with Crippen LogP contribution in [0.2, 0.25) is 0 Å². The third-order valence-electron chi connectivity index (χ3n) is 4.73. The van der Waals surface area contributed by atoms with Crippen molar-refractivity contribution in [3.63, 3.8) is 0 Å². The Hall–Kier alpha value is -1.70. The summed E-state index contributed by atoms with van der Waals surface area (Å²) in [6, 6.07) is 12.5. The lowest BCUT2D eigenvalue weighted by molar-refractivity contribution is 0.0500. The Morgan fingerprint density at radius 2 is 1.77 bits per heavy atom. The lowest BCUT2D eigenvalue weighted by Crippen LogP contribution is -2.22. The van der Waals surface area contributed by atoms with Gasteiger partial charge in [0, 0.05) is 23.4 Å². The smallest absolute Gasteiger partial charge is 0.188 e. The molecule has 0 bridgehead atoms. The van der Waals surface area contributed by atoms with E-state index in [0.29, 0.717) is 8.58 Å². The first-order chi connectivity index (χ1) is 12.3. The van der Waals surface area contributed by atoms with Gasteiger partial charge in [-0.1, -0.05) is 57.8 Å². The van der Waals surface area contributed by atoms with Gasteiger partial charge in [-0.2, -0.15) is 0 Å². The van der Waals surface area contributed by atoms with Crippen molar-refractivity contribution in [1.29, 1.82) is 0 Å². The summed E-state index contributed by atoms with van der Waals surface area (Å²) in [5, 5.41) is 1.00. The zero-order valence-electron chi connectivity index (χ0n) is 16.6. The number of benzene rings is 2. The van der Waals surface area contributed by atoms with Gasteiger partial charge in [-0.15, -0.1) is 0 Å². The van der Waals surface area contributed by atoms with E-state index >= 15 is 0 Å². The average Bonchev–Trinajstić information content (AvgIpc) is 2.61. The van der Waals surface area contributed by atoms with E-state index in [1.54, 1.807) is 14.0 Å². The summed E-state index contributed by atoms with van der Waals surface area (Å²) in [6.07, 6.45) is 0.948. The molecule has 0 heterocycles. The first-order valence-corrected chi connectivity index (χ1v) is 9.93. The molecule has 2 aromatic carbocycles. The number of ketones is 1. The second kappa shape index (κ2) is 8.79. The number of carbonyl (C=O) groups excluding carboxylic acids is 1. The van der Waals surface area contributed by atoms with Crippen LogP contribution in [-0.2, 0) is 9.89 Å². The molecule has 0 fully saturated rings. The molecule has 3 nitrogen and oxygen atoms in total. The Labute approximate surface area is 158 Å². The highest BCUT2D eigenvalue weighted by atomic mass is 31.1. The topological polar surface area (TPSA) is 35.5 Å². The summed E-state index contributed by atoms with van der Waals surface area (Å²) >= 11 is 0. The number of ether oxygens (including phenoxy) is 2. The van der Waals surface area contributed by atoms with E-state index in [9.17, 15) is 4.79 Å². The summed E-state index contributed by atoms with van der Waals surface area (Å²) < 4.78 is 10.9. The molecular weight excluding hydrogens is 343 g/mol. The molecule has 140 valence electrons. The fourth-order valence-corrected chi connectivity index (χ4v) is 4.68. The summed E-state index contributed by atoms with van der Waals surface area (Å²) in [5.74, 6) is 0.973. The van der Waals surface area contributed by atoms with Crippen LogP contribution < -0.4 is 10.0 Å². The number of methoxy groups -OCH3 is 1. The molecule has 0 spiro atoms. The third-order valence-corrected chi connectivity index (χ3v) is 6.61. The van der Waals surface area contributed by atoms with Crippen LogP contribution in [0.25, 0.3) is 0 Å². The lowest BCUT2D eigenvalue weighted by atomic mass is 9.95. The predicted molar refractivity (Wildman–Crippen MR) is 110 cm³/mol. The molecule has 0 aliphatic rings. The van der Waals surface area contributed by atoms with Crippen LogP contribution in [0, 0.1) is 13.8 Å². The second-order valence-corrected chi connectivity index (χ2v) is 8.86. The van der Waals surface area contributed by atoms with Crippen LogP contribution in [0.4, 0.5) is 0 Å². The number of rotatable bonds is 8. The van der Waals surface area contributed by atoms with Crippen LogP contribution in [0.5, 0.6) is 5.75 Å². The summed E-state index contributed by atoms with van der Waals surface area (Å²) in [6.45, 7) is 10.4. The summed E-state index contributed by atoms with van der Waals surface area (Å²) in [7, 11) is 2.10. The molecule has 0 saturated carbocycles. The molecule has 2 atom stereocenters. The van der Waals surface area contributed by atoms with Crippen molar-refractivity contribution in [3.8, 4) is 5.75 Å². The predicted octanol–water partition coefficient (Wildman–Crippen LogP) is 5.12. The first kappa shape index (κ1) is 20.6. The van der Waals surface area contributed by atoms with Gasteiger partial charge < -0.3 is 9.47 Å². The Bertz CT molecular complexity index is 785. The van der Waals surface area contributed by atoms with E-state index in [1.807, 2.05) is 19.1 Å². The molecule has 0 N–H and O–H groups in total. The van der Waals surface area contributed by atoms with Gasteiger partial charge in [0.2, 0.25) is 0 Å². The Morgan fingerprint density at radius 3 is 2.38 bits per heavy atom. The third kappa shape index (κ3) is 4.72. The number of hydrogen-bond acceptors (Lipinski definition) is 3. The van der Waals surface area contributed by atoms with Crippen molar-refractivity contribution in [2.75, 3.05) is 13.9 Å². The Kier molecular flexibility index (Phi) is 6.97. The maximum absolute atomic E-state index is 12.2. The van der Waals surface area contributed by atoms with E-state index in [-0.39, 0.29) is 17.7 Å². The molecule has 0 radical (unpaired) electrons. The van der Waals surface area contributed by atoms with Gasteiger partial charge in [-0.05, 0) is 44.6 Å². The van der Waals surface area contributed by atoms with E-state index in [2.05, 4.69) is 45.0 Å². The van der Waals surface area contributed by atoms with E-state index in [1.165, 1.54) is 11.1 Å². The first-order valence-electron chi connectivity index (χ1n) is 8.93. The van der Waals surface area contributed by atoms with Crippen LogP contribution in [-0.4, -0.2) is 19.7 Å². The molecule has 26 heavy (non-hydrogen) atoms. The van der Waals surface area contributed by atoms with Crippen LogP contribution in [0.15, 0.2) is 36.4 Å². The van der Waals surface area contributed by atoms with Gasteiger partial charge in [-0.3, -0.25) is 4.79 Å². The summed E-state index contributed by atoms with van der Waals surface area (Å²) in [5.41, 5.74) is 4.31. The highest BCUT2D eigenvalue weighted by Gasteiger charge is 2.30. The largest absolute Gasteiger partial charge is 0.467 e. The van der Waals surface area contributed by atoms with Crippen molar-refractivity contribution in [2.24, 2.45) is 0 Å². The Balaban J connectivity index is 2.50. The van der Waals surface area contributed by atoms with Crippen molar-refractivity contribution >= 4 is 19.7 Å². The minimum absolute atomic E-state index is 0.117. The maximum atomic E-state index is 12.2. The SMILES string of the molecule is CCC(C)(Pc1ccc(C)cc1C(C)=O)c1cc(C)ccc1OCOC. The van der Waals surface area contributed by atoms with Gasteiger partial charge in [0.1, 0.15) is 5.75 Å². The monoisotopic (exact) mass is 372 g/mol. The summed E-state index contributed by atoms with van der Waals surface area (Å²) in [4.78, 5) is 12.2. The van der Waals surface area contributed by atoms with Gasteiger partial charge in [0.25, 0.3) is 0 Å². The lowest BCUT2D eigenvalue weighted by Gasteiger charge is -2.32. The second-order valence-electron chi connectivity index (χ2n) is 6.97. The van der Waals surface area contributed by atoms with E-state index in [0.717, 1.165) is 28.6 Å². The maximum Gasteiger partial charge on any atom is 0.188 e. The molecule has 0 saturated heterocycles. The quantitative estimate of drug-likeness (QED) is 0.367. The highest BCUT2D eigenvalue weighted by Crippen LogP contribution is 2.48. The highest BCUT2D eigenvalue weighted by molar-refractivity contribution is 7.48. The van der Waals surface area contributed by atoms with Crippen LogP contribution in [0.1, 0.15) is 54.2 Å². The molecule has 4 heteroatoms. The zero-order valence-corrected chi connectivity index (χ0v) is 17.6. The molecule has 0 aromatic heterocycles. The molecular formula is C22H29O3P.